The van der Waals surface area contributed by atoms with E-state index in [1.807, 2.05) is 0 Å². The summed E-state index contributed by atoms with van der Waals surface area (Å²) in [4.78, 5) is 19.2. The number of nitrogens with zero attached hydrogens (tertiary/aromatic N) is 2. The standard InChI is InChI=1S/C11H10N2O3/c1-2-16-11(15)8-5-3-4-7-9(8)12-6-13-10(7)14/h3-6H,2H2,1H3,(H,12,13,14). The largest absolute Gasteiger partial charge is 0.493 e. The third-order valence-corrected chi connectivity index (χ3v) is 2.14. The summed E-state index contributed by atoms with van der Waals surface area (Å²) in [6, 6.07) is 4.90. The Balaban J connectivity index is 2.62. The molecule has 0 radical (unpaired) electrons. The minimum absolute atomic E-state index is 0.142. The predicted molar refractivity (Wildman–Crippen MR) is 57.2 cm³/mol. The van der Waals surface area contributed by atoms with Crippen LogP contribution in [0.15, 0.2) is 24.5 Å². The Hall–Kier alpha value is -2.17. The van der Waals surface area contributed by atoms with Crippen molar-refractivity contribution >= 4 is 16.9 Å². The van der Waals surface area contributed by atoms with Crippen LogP contribution in [-0.4, -0.2) is 27.7 Å². The Kier molecular flexibility index (Phi) is 2.68. The average Bonchev–Trinajstić information content (AvgIpc) is 2.29. The molecule has 2 aromatic rings. The fraction of sp³-hybridized carbons (Fsp3) is 0.182. The van der Waals surface area contributed by atoms with Crippen molar-refractivity contribution in [3.8, 4) is 5.88 Å². The van der Waals surface area contributed by atoms with Crippen molar-refractivity contribution in [3.05, 3.63) is 30.1 Å². The van der Waals surface area contributed by atoms with Crippen LogP contribution >= 0.6 is 0 Å². The molecule has 2 rings (SSSR count). The van der Waals surface area contributed by atoms with E-state index in [4.69, 9.17) is 4.74 Å². The lowest BCUT2D eigenvalue weighted by Crippen LogP contribution is -2.06. The third kappa shape index (κ3) is 1.67. The normalized spacial score (nSPS) is 10.3. The van der Waals surface area contributed by atoms with Gasteiger partial charge in [-0.2, -0.15) is 0 Å². The molecule has 0 unspecified atom stereocenters. The van der Waals surface area contributed by atoms with Crippen LogP contribution in [0.25, 0.3) is 10.9 Å². The summed E-state index contributed by atoms with van der Waals surface area (Å²) in [5.41, 5.74) is 0.727. The highest BCUT2D eigenvalue weighted by molar-refractivity contribution is 6.03. The average molecular weight is 218 g/mol. The Bertz CT molecular complexity index is 540. The van der Waals surface area contributed by atoms with Gasteiger partial charge in [0.2, 0.25) is 5.88 Å². The zero-order valence-corrected chi connectivity index (χ0v) is 8.67. The summed E-state index contributed by atoms with van der Waals surface area (Å²) in [6.07, 6.45) is 1.21. The van der Waals surface area contributed by atoms with E-state index in [1.165, 1.54) is 6.33 Å². The van der Waals surface area contributed by atoms with Crippen LogP contribution in [0.1, 0.15) is 17.3 Å². The molecule has 82 valence electrons. The second-order valence-corrected chi connectivity index (χ2v) is 3.12. The number of carbonyl (C=O) groups is 1. The second-order valence-electron chi connectivity index (χ2n) is 3.12. The first kappa shape index (κ1) is 10.4. The van der Waals surface area contributed by atoms with Crippen LogP contribution in [0.5, 0.6) is 5.88 Å². The van der Waals surface area contributed by atoms with Crippen LogP contribution in [0.2, 0.25) is 0 Å². The highest BCUT2D eigenvalue weighted by Crippen LogP contribution is 2.22. The van der Waals surface area contributed by atoms with Crippen molar-refractivity contribution in [2.24, 2.45) is 0 Å². The number of hydrogen-bond donors (Lipinski definition) is 1. The van der Waals surface area contributed by atoms with Gasteiger partial charge >= 0.3 is 5.97 Å². The molecule has 0 aliphatic heterocycles. The van der Waals surface area contributed by atoms with Crippen molar-refractivity contribution in [1.29, 1.82) is 0 Å². The van der Waals surface area contributed by atoms with E-state index < -0.39 is 5.97 Å². The Morgan fingerprint density at radius 1 is 1.44 bits per heavy atom. The van der Waals surface area contributed by atoms with Gasteiger partial charge in [0.05, 0.1) is 23.1 Å². The van der Waals surface area contributed by atoms with Gasteiger partial charge in [-0.25, -0.2) is 14.8 Å². The van der Waals surface area contributed by atoms with E-state index in [2.05, 4.69) is 9.97 Å². The van der Waals surface area contributed by atoms with E-state index in [-0.39, 0.29) is 5.88 Å². The number of fused-ring (bicyclic) bond motifs is 1. The van der Waals surface area contributed by atoms with Gasteiger partial charge in [-0.1, -0.05) is 6.07 Å². The van der Waals surface area contributed by atoms with Gasteiger partial charge in [0.1, 0.15) is 6.33 Å². The lowest BCUT2D eigenvalue weighted by atomic mass is 10.1. The van der Waals surface area contributed by atoms with Crippen molar-refractivity contribution in [2.45, 2.75) is 6.92 Å². The zero-order chi connectivity index (χ0) is 11.5. The van der Waals surface area contributed by atoms with Gasteiger partial charge in [-0.3, -0.25) is 0 Å². The molecular formula is C11H10N2O3. The summed E-state index contributed by atoms with van der Waals surface area (Å²) in [6.45, 7) is 2.03. The predicted octanol–water partition coefficient (Wildman–Crippen LogP) is 1.51. The Labute approximate surface area is 91.7 Å². The minimum Gasteiger partial charge on any atom is -0.493 e. The third-order valence-electron chi connectivity index (χ3n) is 2.14. The molecule has 16 heavy (non-hydrogen) atoms. The number of rotatable bonds is 2. The molecule has 0 bridgehead atoms. The van der Waals surface area contributed by atoms with Gasteiger partial charge in [0, 0.05) is 0 Å². The van der Waals surface area contributed by atoms with Crippen LogP contribution < -0.4 is 0 Å². The van der Waals surface area contributed by atoms with E-state index in [0.29, 0.717) is 23.1 Å². The molecule has 0 spiro atoms. The van der Waals surface area contributed by atoms with Gasteiger partial charge in [-0.15, -0.1) is 0 Å². The number of esters is 1. The first-order valence-electron chi connectivity index (χ1n) is 4.84. The molecule has 0 fully saturated rings. The number of ether oxygens (including phenoxy) is 1. The molecule has 0 saturated heterocycles. The van der Waals surface area contributed by atoms with Crippen LogP contribution in [0.3, 0.4) is 0 Å². The molecule has 5 nitrogen and oxygen atoms in total. The fourth-order valence-corrected chi connectivity index (χ4v) is 1.45. The maximum absolute atomic E-state index is 11.6. The van der Waals surface area contributed by atoms with Crippen molar-refractivity contribution in [3.63, 3.8) is 0 Å². The molecule has 0 atom stereocenters. The molecule has 1 N–H and O–H groups in total. The molecule has 1 aromatic carbocycles. The summed E-state index contributed by atoms with van der Waals surface area (Å²) < 4.78 is 4.89. The van der Waals surface area contributed by atoms with Crippen LogP contribution in [-0.2, 0) is 4.74 Å². The van der Waals surface area contributed by atoms with Crippen molar-refractivity contribution in [2.75, 3.05) is 6.61 Å². The maximum atomic E-state index is 11.6. The second kappa shape index (κ2) is 4.14. The monoisotopic (exact) mass is 218 g/mol. The Morgan fingerprint density at radius 3 is 3.00 bits per heavy atom. The van der Waals surface area contributed by atoms with Crippen molar-refractivity contribution < 1.29 is 14.6 Å². The van der Waals surface area contributed by atoms with Gasteiger partial charge in [-0.05, 0) is 19.1 Å². The first-order chi connectivity index (χ1) is 7.74. The number of para-hydroxylation sites is 1. The maximum Gasteiger partial charge on any atom is 0.340 e. The SMILES string of the molecule is CCOC(=O)c1cccc2c(O)ncnc12. The van der Waals surface area contributed by atoms with E-state index in [0.717, 1.165) is 0 Å². The molecular weight excluding hydrogens is 208 g/mol. The van der Waals surface area contributed by atoms with E-state index in [1.54, 1.807) is 25.1 Å². The van der Waals surface area contributed by atoms with Gasteiger partial charge < -0.3 is 9.84 Å². The molecule has 0 saturated carbocycles. The van der Waals surface area contributed by atoms with Crippen molar-refractivity contribution in [1.82, 2.24) is 9.97 Å². The molecule has 1 aromatic heterocycles. The summed E-state index contributed by atoms with van der Waals surface area (Å²) >= 11 is 0. The minimum atomic E-state index is -0.453. The quantitative estimate of drug-likeness (QED) is 0.773. The zero-order valence-electron chi connectivity index (χ0n) is 8.67. The van der Waals surface area contributed by atoms with E-state index in [9.17, 15) is 9.90 Å². The lowest BCUT2D eigenvalue weighted by Gasteiger charge is -2.05. The number of carbonyl (C=O) groups excluding carboxylic acids is 1. The molecule has 5 heteroatoms. The molecule has 0 aliphatic carbocycles. The summed E-state index contributed by atoms with van der Waals surface area (Å²) in [5.74, 6) is -0.595. The van der Waals surface area contributed by atoms with Gasteiger partial charge in [0.15, 0.2) is 0 Å². The highest BCUT2D eigenvalue weighted by Gasteiger charge is 2.13. The van der Waals surface area contributed by atoms with Crippen LogP contribution in [0, 0.1) is 0 Å². The topological polar surface area (TPSA) is 72.3 Å². The molecule has 1 heterocycles. The lowest BCUT2D eigenvalue weighted by molar-refractivity contribution is 0.0528. The van der Waals surface area contributed by atoms with Gasteiger partial charge in [0.25, 0.3) is 0 Å². The molecule has 0 amide bonds. The number of benzene rings is 1. The number of aromatic nitrogens is 2. The van der Waals surface area contributed by atoms with Crippen LogP contribution in [0.4, 0.5) is 0 Å². The first-order valence-corrected chi connectivity index (χ1v) is 4.84. The van der Waals surface area contributed by atoms with E-state index >= 15 is 0 Å². The highest BCUT2D eigenvalue weighted by atomic mass is 16.5. The molecule has 0 aliphatic rings. The number of hydrogen-bond acceptors (Lipinski definition) is 5. The smallest absolute Gasteiger partial charge is 0.340 e. The summed E-state index contributed by atoms with van der Waals surface area (Å²) in [5, 5.41) is 9.94. The summed E-state index contributed by atoms with van der Waals surface area (Å²) in [7, 11) is 0. The Morgan fingerprint density at radius 2 is 2.25 bits per heavy atom. The fourth-order valence-electron chi connectivity index (χ4n) is 1.45. The number of aromatic hydroxyl groups is 1.